The van der Waals surface area contributed by atoms with Crippen molar-refractivity contribution in [3.8, 4) is 16.9 Å². The van der Waals surface area contributed by atoms with Crippen LogP contribution in [0, 0.1) is 25.5 Å². The molecule has 0 fully saturated rings. The van der Waals surface area contributed by atoms with Gasteiger partial charge in [-0.3, -0.25) is 0 Å². The van der Waals surface area contributed by atoms with Gasteiger partial charge >= 0.3 is 0 Å². The highest BCUT2D eigenvalue weighted by atomic mass is 19.2. The van der Waals surface area contributed by atoms with Crippen LogP contribution in [-0.4, -0.2) is 20.1 Å². The summed E-state index contributed by atoms with van der Waals surface area (Å²) in [7, 11) is 0. The number of aliphatic hydroxyl groups is 1. The minimum atomic E-state index is -0.958. The first-order chi connectivity index (χ1) is 11.0. The Bertz CT molecular complexity index is 874. The molecule has 0 amide bonds. The molecule has 0 saturated carbocycles. The van der Waals surface area contributed by atoms with Crippen LogP contribution in [0.5, 0.6) is 0 Å². The standard InChI is InChI=1S/C17H15F2N3O/c1-10-4-3-5-16(11(10)2)22-17(15(9-23)20-21-22)12-6-7-13(18)14(19)8-12/h3-8,23H,9H2,1-2H3. The molecule has 0 aliphatic heterocycles. The monoisotopic (exact) mass is 315 g/mol. The van der Waals surface area contributed by atoms with Crippen molar-refractivity contribution < 1.29 is 13.9 Å². The topological polar surface area (TPSA) is 50.9 Å². The van der Waals surface area contributed by atoms with Crippen molar-refractivity contribution in [2.24, 2.45) is 0 Å². The molecule has 0 aliphatic carbocycles. The molecule has 1 N–H and O–H groups in total. The van der Waals surface area contributed by atoms with Crippen molar-refractivity contribution in [2.45, 2.75) is 20.5 Å². The Hall–Kier alpha value is -2.60. The Labute approximate surface area is 132 Å². The van der Waals surface area contributed by atoms with Gasteiger partial charge in [-0.05, 0) is 49.2 Å². The molecule has 0 radical (unpaired) electrons. The normalized spacial score (nSPS) is 11.0. The summed E-state index contributed by atoms with van der Waals surface area (Å²) in [4.78, 5) is 0. The average molecular weight is 315 g/mol. The van der Waals surface area contributed by atoms with E-state index in [-0.39, 0.29) is 6.61 Å². The minimum Gasteiger partial charge on any atom is -0.390 e. The van der Waals surface area contributed by atoms with Crippen LogP contribution < -0.4 is 0 Å². The second-order valence-corrected chi connectivity index (χ2v) is 5.30. The predicted octanol–water partition coefficient (Wildman–Crippen LogP) is 3.32. The van der Waals surface area contributed by atoms with E-state index in [1.807, 2.05) is 32.0 Å². The molecule has 3 rings (SSSR count). The molecule has 0 bridgehead atoms. The first-order valence-electron chi connectivity index (χ1n) is 7.10. The summed E-state index contributed by atoms with van der Waals surface area (Å²) in [5, 5.41) is 17.5. The van der Waals surface area contributed by atoms with Gasteiger partial charge in [0.25, 0.3) is 0 Å². The molecule has 0 atom stereocenters. The zero-order chi connectivity index (χ0) is 16.6. The van der Waals surface area contributed by atoms with Crippen LogP contribution in [-0.2, 0) is 6.61 Å². The third kappa shape index (κ3) is 2.61. The van der Waals surface area contributed by atoms with Gasteiger partial charge in [0.15, 0.2) is 11.6 Å². The summed E-state index contributed by atoms with van der Waals surface area (Å²) in [5.74, 6) is -1.88. The van der Waals surface area contributed by atoms with E-state index in [0.29, 0.717) is 17.0 Å². The maximum Gasteiger partial charge on any atom is 0.159 e. The molecular weight excluding hydrogens is 300 g/mol. The number of aromatic nitrogens is 3. The highest BCUT2D eigenvalue weighted by molar-refractivity contribution is 5.65. The minimum absolute atomic E-state index is 0.303. The molecule has 1 aromatic heterocycles. The highest BCUT2D eigenvalue weighted by Gasteiger charge is 2.18. The number of aliphatic hydroxyl groups excluding tert-OH is 1. The fourth-order valence-electron chi connectivity index (χ4n) is 2.49. The molecule has 3 aromatic rings. The third-order valence-electron chi connectivity index (χ3n) is 3.89. The van der Waals surface area contributed by atoms with Gasteiger partial charge in [-0.15, -0.1) is 5.10 Å². The lowest BCUT2D eigenvalue weighted by atomic mass is 10.1. The summed E-state index contributed by atoms with van der Waals surface area (Å²) in [6.07, 6.45) is 0. The van der Waals surface area contributed by atoms with Crippen LogP contribution in [0.3, 0.4) is 0 Å². The molecule has 4 nitrogen and oxygen atoms in total. The van der Waals surface area contributed by atoms with Crippen LogP contribution in [0.15, 0.2) is 36.4 Å². The first kappa shape index (κ1) is 15.3. The zero-order valence-corrected chi connectivity index (χ0v) is 12.7. The van der Waals surface area contributed by atoms with Gasteiger partial charge in [-0.25, -0.2) is 13.5 Å². The first-order valence-corrected chi connectivity index (χ1v) is 7.10. The molecule has 0 unspecified atom stereocenters. The maximum atomic E-state index is 13.6. The summed E-state index contributed by atoms with van der Waals surface area (Å²) in [5.41, 5.74) is 3.98. The fraction of sp³-hybridized carbons (Fsp3) is 0.176. The number of hydrogen-bond acceptors (Lipinski definition) is 3. The predicted molar refractivity (Wildman–Crippen MR) is 82.1 cm³/mol. The van der Waals surface area contributed by atoms with Gasteiger partial charge in [0, 0.05) is 5.56 Å². The lowest BCUT2D eigenvalue weighted by Gasteiger charge is -2.12. The number of benzene rings is 2. The second kappa shape index (κ2) is 5.89. The molecule has 118 valence electrons. The molecule has 1 heterocycles. The third-order valence-corrected chi connectivity index (χ3v) is 3.89. The number of nitrogens with zero attached hydrogens (tertiary/aromatic N) is 3. The fourth-order valence-corrected chi connectivity index (χ4v) is 2.49. The van der Waals surface area contributed by atoms with Gasteiger partial charge in [-0.2, -0.15) is 0 Å². The van der Waals surface area contributed by atoms with Crippen molar-refractivity contribution in [3.63, 3.8) is 0 Å². The number of rotatable bonds is 3. The quantitative estimate of drug-likeness (QED) is 0.806. The highest BCUT2D eigenvalue weighted by Crippen LogP contribution is 2.28. The Balaban J connectivity index is 2.26. The van der Waals surface area contributed by atoms with E-state index in [1.54, 1.807) is 4.68 Å². The van der Waals surface area contributed by atoms with Gasteiger partial charge in [0.2, 0.25) is 0 Å². The van der Waals surface area contributed by atoms with Crippen molar-refractivity contribution in [3.05, 3.63) is 64.9 Å². The smallest absolute Gasteiger partial charge is 0.159 e. The SMILES string of the molecule is Cc1cccc(-n2nnc(CO)c2-c2ccc(F)c(F)c2)c1C. The van der Waals surface area contributed by atoms with Gasteiger partial charge in [0.1, 0.15) is 11.4 Å². The van der Waals surface area contributed by atoms with E-state index < -0.39 is 11.6 Å². The zero-order valence-electron chi connectivity index (χ0n) is 12.7. The number of aryl methyl sites for hydroxylation is 1. The molecule has 0 aliphatic rings. The van der Waals surface area contributed by atoms with E-state index in [9.17, 15) is 13.9 Å². The molecule has 0 saturated heterocycles. The maximum absolute atomic E-state index is 13.6. The van der Waals surface area contributed by atoms with Crippen LogP contribution in [0.25, 0.3) is 16.9 Å². The van der Waals surface area contributed by atoms with Crippen LogP contribution in [0.4, 0.5) is 8.78 Å². The van der Waals surface area contributed by atoms with Crippen molar-refractivity contribution >= 4 is 0 Å². The molecule has 6 heteroatoms. The Morgan fingerprint density at radius 3 is 2.57 bits per heavy atom. The van der Waals surface area contributed by atoms with Crippen molar-refractivity contribution in [1.29, 1.82) is 0 Å². The van der Waals surface area contributed by atoms with Crippen molar-refractivity contribution in [2.75, 3.05) is 0 Å². The summed E-state index contributed by atoms with van der Waals surface area (Å²) >= 11 is 0. The Morgan fingerprint density at radius 1 is 1.09 bits per heavy atom. The van der Waals surface area contributed by atoms with Crippen LogP contribution in [0.2, 0.25) is 0 Å². The average Bonchev–Trinajstić information content (AvgIpc) is 2.96. The number of halogens is 2. The van der Waals surface area contributed by atoms with Gasteiger partial charge in [-0.1, -0.05) is 17.3 Å². The summed E-state index contributed by atoms with van der Waals surface area (Å²) in [6.45, 7) is 3.57. The lowest BCUT2D eigenvalue weighted by Crippen LogP contribution is -2.04. The van der Waals surface area contributed by atoms with E-state index in [4.69, 9.17) is 0 Å². The van der Waals surface area contributed by atoms with Gasteiger partial charge < -0.3 is 5.11 Å². The van der Waals surface area contributed by atoms with Gasteiger partial charge in [0.05, 0.1) is 12.3 Å². The largest absolute Gasteiger partial charge is 0.390 e. The van der Waals surface area contributed by atoms with Crippen LogP contribution >= 0.6 is 0 Å². The van der Waals surface area contributed by atoms with E-state index in [0.717, 1.165) is 28.9 Å². The Kier molecular flexibility index (Phi) is 3.92. The second-order valence-electron chi connectivity index (χ2n) is 5.30. The molecule has 23 heavy (non-hydrogen) atoms. The summed E-state index contributed by atoms with van der Waals surface area (Å²) < 4.78 is 28.3. The van der Waals surface area contributed by atoms with Crippen LogP contribution in [0.1, 0.15) is 16.8 Å². The van der Waals surface area contributed by atoms with E-state index >= 15 is 0 Å². The lowest BCUT2D eigenvalue weighted by molar-refractivity contribution is 0.277. The molecule has 0 spiro atoms. The Morgan fingerprint density at radius 2 is 1.87 bits per heavy atom. The summed E-state index contributed by atoms with van der Waals surface area (Å²) in [6, 6.07) is 9.29. The molecule has 2 aromatic carbocycles. The van der Waals surface area contributed by atoms with Crippen molar-refractivity contribution in [1.82, 2.24) is 15.0 Å². The van der Waals surface area contributed by atoms with E-state index in [2.05, 4.69) is 10.3 Å². The number of hydrogen-bond donors (Lipinski definition) is 1. The molecular formula is C17H15F2N3O. The van der Waals surface area contributed by atoms with E-state index in [1.165, 1.54) is 6.07 Å².